The number of hydrogen-bond acceptors (Lipinski definition) is 7. The second-order valence-electron chi connectivity index (χ2n) is 8.03. The molecule has 190 valence electrons. The monoisotopic (exact) mass is 579 g/mol. The molecular weight excluding hydrogens is 554 g/mol. The van der Waals surface area contributed by atoms with Crippen molar-refractivity contribution in [3.63, 3.8) is 0 Å². The molecule has 0 aliphatic heterocycles. The highest BCUT2D eigenvalue weighted by Crippen LogP contribution is 2.24. The Morgan fingerprint density at radius 3 is 2.57 bits per heavy atom. The molecule has 0 aliphatic rings. The number of fused-ring (bicyclic) bond motifs is 1. The van der Waals surface area contributed by atoms with Crippen LogP contribution in [-0.2, 0) is 4.79 Å². The van der Waals surface area contributed by atoms with Crippen molar-refractivity contribution >= 4 is 56.4 Å². The summed E-state index contributed by atoms with van der Waals surface area (Å²) in [6.07, 6.45) is 1.40. The molecule has 1 heterocycles. The number of aromatic nitrogens is 2. The minimum absolute atomic E-state index is 0.00840. The molecule has 0 spiro atoms. The quantitative estimate of drug-likeness (QED) is 0.126. The number of hydrogen-bond donors (Lipinski definition) is 2. The summed E-state index contributed by atoms with van der Waals surface area (Å²) < 4.78 is 2.39. The molecule has 1 aromatic heterocycles. The maximum Gasteiger partial charge on any atom is 0.266 e. The van der Waals surface area contributed by atoms with E-state index in [1.54, 1.807) is 30.3 Å². The topological polar surface area (TPSA) is 99.8 Å². The Labute approximate surface area is 227 Å². The van der Waals surface area contributed by atoms with Crippen molar-refractivity contribution < 1.29 is 9.90 Å². The van der Waals surface area contributed by atoms with Gasteiger partial charge in [-0.3, -0.25) is 14.2 Å². The smallest absolute Gasteiger partial charge is 0.266 e. The predicted octanol–water partition coefficient (Wildman–Crippen LogP) is 4.94. The zero-order valence-corrected chi connectivity index (χ0v) is 22.8. The molecule has 37 heavy (non-hydrogen) atoms. The zero-order chi connectivity index (χ0) is 26.4. The maximum absolute atomic E-state index is 13.3. The number of aromatic hydroxyl groups is 1. The van der Waals surface area contributed by atoms with Gasteiger partial charge < -0.3 is 10.0 Å². The van der Waals surface area contributed by atoms with E-state index in [2.05, 4.69) is 50.2 Å². The molecule has 0 saturated carbocycles. The lowest BCUT2D eigenvalue weighted by Crippen LogP contribution is -2.24. The van der Waals surface area contributed by atoms with Crippen LogP contribution in [0.2, 0.25) is 0 Å². The molecule has 0 atom stereocenters. The number of halogens is 1. The van der Waals surface area contributed by atoms with Crippen LogP contribution in [0.4, 0.5) is 5.69 Å². The highest BCUT2D eigenvalue weighted by molar-refractivity contribution is 9.10. The highest BCUT2D eigenvalue weighted by Gasteiger charge is 2.15. The predicted molar refractivity (Wildman–Crippen MR) is 153 cm³/mol. The number of benzene rings is 3. The number of anilines is 1. The van der Waals surface area contributed by atoms with Gasteiger partial charge in [0.1, 0.15) is 5.75 Å². The van der Waals surface area contributed by atoms with Crippen LogP contribution in [0.5, 0.6) is 5.75 Å². The number of nitrogens with zero attached hydrogens (tertiary/aromatic N) is 4. The van der Waals surface area contributed by atoms with Crippen molar-refractivity contribution in [1.82, 2.24) is 15.0 Å². The number of carbonyl (C=O) groups is 1. The Morgan fingerprint density at radius 2 is 1.86 bits per heavy atom. The molecule has 10 heteroatoms. The largest absolute Gasteiger partial charge is 0.507 e. The molecule has 0 aliphatic carbocycles. The fourth-order valence-corrected chi connectivity index (χ4v) is 4.86. The molecule has 4 rings (SSSR count). The molecule has 0 saturated heterocycles. The SMILES string of the molecule is CCN(CC)c1ccc(/C=N\NC(=O)CSc2nc3ccccc3c(=O)n2-c2ccc(Br)cc2)c(O)c1. The van der Waals surface area contributed by atoms with Crippen LogP contribution < -0.4 is 15.9 Å². The third kappa shape index (κ3) is 6.20. The maximum atomic E-state index is 13.3. The van der Waals surface area contributed by atoms with E-state index in [9.17, 15) is 14.7 Å². The van der Waals surface area contributed by atoms with E-state index in [0.29, 0.717) is 27.3 Å². The van der Waals surface area contributed by atoms with Gasteiger partial charge >= 0.3 is 0 Å². The summed E-state index contributed by atoms with van der Waals surface area (Å²) in [6.45, 7) is 5.77. The van der Waals surface area contributed by atoms with E-state index >= 15 is 0 Å². The van der Waals surface area contributed by atoms with Gasteiger partial charge in [-0.05, 0) is 62.4 Å². The Kier molecular flexibility index (Phi) is 8.62. The Morgan fingerprint density at radius 1 is 1.14 bits per heavy atom. The van der Waals surface area contributed by atoms with Crippen LogP contribution in [-0.4, -0.2) is 45.6 Å². The number of para-hydroxylation sites is 1. The van der Waals surface area contributed by atoms with E-state index in [-0.39, 0.29) is 23.0 Å². The van der Waals surface area contributed by atoms with Crippen LogP contribution in [0.15, 0.2) is 86.3 Å². The Bertz CT molecular complexity index is 1500. The highest BCUT2D eigenvalue weighted by atomic mass is 79.9. The number of rotatable bonds is 9. The van der Waals surface area contributed by atoms with E-state index in [0.717, 1.165) is 35.0 Å². The lowest BCUT2D eigenvalue weighted by molar-refractivity contribution is -0.118. The molecule has 0 radical (unpaired) electrons. The normalized spacial score (nSPS) is 11.2. The summed E-state index contributed by atoms with van der Waals surface area (Å²) in [5, 5.41) is 15.2. The van der Waals surface area contributed by atoms with Crippen LogP contribution in [0.25, 0.3) is 16.6 Å². The molecule has 3 aromatic carbocycles. The third-order valence-electron chi connectivity index (χ3n) is 5.70. The van der Waals surface area contributed by atoms with Gasteiger partial charge in [0.15, 0.2) is 5.16 Å². The van der Waals surface area contributed by atoms with Crippen LogP contribution in [0.1, 0.15) is 19.4 Å². The van der Waals surface area contributed by atoms with Gasteiger partial charge in [-0.25, -0.2) is 10.4 Å². The number of nitrogens with one attached hydrogen (secondary N) is 1. The van der Waals surface area contributed by atoms with Gasteiger partial charge in [0.2, 0.25) is 0 Å². The van der Waals surface area contributed by atoms with Crippen LogP contribution in [0.3, 0.4) is 0 Å². The lowest BCUT2D eigenvalue weighted by Gasteiger charge is -2.21. The Balaban J connectivity index is 1.49. The van der Waals surface area contributed by atoms with Gasteiger partial charge in [-0.15, -0.1) is 0 Å². The molecule has 0 fully saturated rings. The Hall–Kier alpha value is -3.63. The standard InChI is InChI=1S/C27H26BrN5O3S/c1-3-32(4-2)21-12-9-18(24(34)15-21)16-29-31-25(35)17-37-27-30-23-8-6-5-7-22(23)26(36)33(27)20-13-10-19(28)11-14-20/h5-16,34H,3-4,17H2,1-2H3,(H,31,35)/b29-16-. The lowest BCUT2D eigenvalue weighted by atomic mass is 10.2. The first-order chi connectivity index (χ1) is 17.9. The molecule has 0 unspecified atom stereocenters. The summed E-state index contributed by atoms with van der Waals surface area (Å²) >= 11 is 4.56. The first-order valence-corrected chi connectivity index (χ1v) is 13.5. The summed E-state index contributed by atoms with van der Waals surface area (Å²) in [5.41, 5.74) is 4.88. The van der Waals surface area contributed by atoms with Gasteiger partial charge in [0.05, 0.1) is 28.6 Å². The molecular formula is C27H26BrN5O3S. The molecule has 8 nitrogen and oxygen atoms in total. The molecule has 2 N–H and O–H groups in total. The average molecular weight is 581 g/mol. The van der Waals surface area contributed by atoms with Crippen molar-refractivity contribution in [1.29, 1.82) is 0 Å². The van der Waals surface area contributed by atoms with E-state index in [4.69, 9.17) is 0 Å². The van der Waals surface area contributed by atoms with Crippen molar-refractivity contribution in [2.45, 2.75) is 19.0 Å². The number of phenolic OH excluding ortho intramolecular Hbond substituents is 1. The fourth-order valence-electron chi connectivity index (χ4n) is 3.79. The van der Waals surface area contributed by atoms with Crippen LogP contribution >= 0.6 is 27.7 Å². The van der Waals surface area contributed by atoms with Crippen LogP contribution in [0, 0.1) is 0 Å². The van der Waals surface area contributed by atoms with Gasteiger partial charge in [0, 0.05) is 34.9 Å². The van der Waals surface area contributed by atoms with E-state index in [1.807, 2.05) is 36.4 Å². The summed E-state index contributed by atoms with van der Waals surface area (Å²) in [6, 6.07) is 19.8. The summed E-state index contributed by atoms with van der Waals surface area (Å²) in [4.78, 5) is 32.6. The molecule has 1 amide bonds. The minimum atomic E-state index is -0.370. The number of amides is 1. The molecule has 4 aromatic rings. The van der Waals surface area contributed by atoms with Gasteiger partial charge in [-0.2, -0.15) is 5.10 Å². The fraction of sp³-hybridized carbons (Fsp3) is 0.185. The van der Waals surface area contributed by atoms with Crippen molar-refractivity contribution in [2.75, 3.05) is 23.7 Å². The summed E-state index contributed by atoms with van der Waals surface area (Å²) in [5.74, 6) is -0.299. The first-order valence-electron chi connectivity index (χ1n) is 11.7. The average Bonchev–Trinajstić information content (AvgIpc) is 2.90. The number of phenols is 1. The van der Waals surface area contributed by atoms with E-state index < -0.39 is 0 Å². The van der Waals surface area contributed by atoms with E-state index in [1.165, 1.54) is 10.8 Å². The number of hydrazone groups is 1. The second kappa shape index (κ2) is 12.1. The van der Waals surface area contributed by atoms with Crippen molar-refractivity contribution in [3.8, 4) is 11.4 Å². The van der Waals surface area contributed by atoms with Crippen molar-refractivity contribution in [2.24, 2.45) is 5.10 Å². The van der Waals surface area contributed by atoms with Crippen molar-refractivity contribution in [3.05, 3.63) is 87.1 Å². The third-order valence-corrected chi connectivity index (χ3v) is 7.16. The molecule has 0 bridgehead atoms. The minimum Gasteiger partial charge on any atom is -0.507 e. The van der Waals surface area contributed by atoms with Gasteiger partial charge in [0.25, 0.3) is 11.5 Å². The van der Waals surface area contributed by atoms with Gasteiger partial charge in [-0.1, -0.05) is 39.8 Å². The second-order valence-corrected chi connectivity index (χ2v) is 9.88. The first kappa shape index (κ1) is 26.4. The summed E-state index contributed by atoms with van der Waals surface area (Å²) in [7, 11) is 0. The zero-order valence-electron chi connectivity index (χ0n) is 20.4. The number of thioether (sulfide) groups is 1. The number of carbonyl (C=O) groups excluding carboxylic acids is 1.